The second kappa shape index (κ2) is 4.99. The van der Waals surface area contributed by atoms with Gasteiger partial charge in [-0.25, -0.2) is 0 Å². The van der Waals surface area contributed by atoms with Crippen LogP contribution in [0.3, 0.4) is 0 Å². The van der Waals surface area contributed by atoms with E-state index in [0.29, 0.717) is 6.54 Å². The van der Waals surface area contributed by atoms with Crippen LogP contribution in [0, 0.1) is 0 Å². The molecule has 2 rings (SSSR count). The SMILES string of the molecule is CC1CN(C2(CN)CCOC(C)(C)C2)CC(C)(C)O1. The molecule has 2 N–H and O–H groups in total. The minimum Gasteiger partial charge on any atom is -0.375 e. The molecule has 0 amide bonds. The predicted molar refractivity (Wildman–Crippen MR) is 77.2 cm³/mol. The van der Waals surface area contributed by atoms with Crippen molar-refractivity contribution in [3.8, 4) is 0 Å². The highest BCUT2D eigenvalue weighted by Gasteiger charge is 2.47. The lowest BCUT2D eigenvalue weighted by Gasteiger charge is -2.55. The van der Waals surface area contributed by atoms with Crippen LogP contribution in [0.5, 0.6) is 0 Å². The topological polar surface area (TPSA) is 47.7 Å². The van der Waals surface area contributed by atoms with E-state index in [1.165, 1.54) is 0 Å². The van der Waals surface area contributed by atoms with Crippen molar-refractivity contribution in [2.24, 2.45) is 5.73 Å². The summed E-state index contributed by atoms with van der Waals surface area (Å²) in [5.41, 5.74) is 6.08. The Bertz CT molecular complexity index is 330. The minimum absolute atomic E-state index is 0.0665. The number of ether oxygens (including phenoxy) is 2. The Morgan fingerprint density at radius 3 is 2.42 bits per heavy atom. The van der Waals surface area contributed by atoms with Crippen LogP contribution in [-0.2, 0) is 9.47 Å². The van der Waals surface area contributed by atoms with Gasteiger partial charge in [0.15, 0.2) is 0 Å². The summed E-state index contributed by atoms with van der Waals surface area (Å²) in [6, 6.07) is 0. The highest BCUT2D eigenvalue weighted by Crippen LogP contribution is 2.38. The van der Waals surface area contributed by atoms with Crippen molar-refractivity contribution >= 4 is 0 Å². The first-order valence-electron chi connectivity index (χ1n) is 7.45. The molecule has 2 aliphatic heterocycles. The maximum Gasteiger partial charge on any atom is 0.0757 e. The monoisotopic (exact) mass is 270 g/mol. The van der Waals surface area contributed by atoms with Crippen molar-refractivity contribution in [2.75, 3.05) is 26.2 Å². The van der Waals surface area contributed by atoms with Crippen LogP contribution in [-0.4, -0.2) is 54.0 Å². The third-order valence-electron chi connectivity index (χ3n) is 4.44. The van der Waals surface area contributed by atoms with Gasteiger partial charge in [-0.15, -0.1) is 0 Å². The van der Waals surface area contributed by atoms with Gasteiger partial charge in [-0.1, -0.05) is 0 Å². The number of nitrogens with zero attached hydrogens (tertiary/aromatic N) is 1. The zero-order chi connectivity index (χ0) is 14.3. The molecule has 4 nitrogen and oxygen atoms in total. The Kier molecular flexibility index (Phi) is 4.00. The van der Waals surface area contributed by atoms with Crippen LogP contribution in [0.1, 0.15) is 47.5 Å². The first-order chi connectivity index (χ1) is 8.68. The number of morpholine rings is 1. The van der Waals surface area contributed by atoms with E-state index in [1.54, 1.807) is 0 Å². The molecular weight excluding hydrogens is 240 g/mol. The zero-order valence-corrected chi connectivity index (χ0v) is 13.2. The van der Waals surface area contributed by atoms with Crippen molar-refractivity contribution in [1.82, 2.24) is 4.90 Å². The predicted octanol–water partition coefficient (Wildman–Crippen LogP) is 1.77. The molecule has 0 saturated carbocycles. The van der Waals surface area contributed by atoms with E-state index in [1.807, 2.05) is 0 Å². The van der Waals surface area contributed by atoms with E-state index >= 15 is 0 Å². The molecule has 19 heavy (non-hydrogen) atoms. The van der Waals surface area contributed by atoms with Gasteiger partial charge in [-0.3, -0.25) is 4.90 Å². The molecule has 112 valence electrons. The van der Waals surface area contributed by atoms with Crippen LogP contribution >= 0.6 is 0 Å². The van der Waals surface area contributed by atoms with E-state index in [4.69, 9.17) is 15.2 Å². The van der Waals surface area contributed by atoms with Crippen molar-refractivity contribution in [3.05, 3.63) is 0 Å². The molecule has 0 aromatic carbocycles. The van der Waals surface area contributed by atoms with Gasteiger partial charge in [0.1, 0.15) is 0 Å². The van der Waals surface area contributed by atoms with Crippen molar-refractivity contribution in [2.45, 2.75) is 70.3 Å². The van der Waals surface area contributed by atoms with Crippen LogP contribution in [0.15, 0.2) is 0 Å². The molecule has 0 aromatic rings. The van der Waals surface area contributed by atoms with Crippen LogP contribution < -0.4 is 5.73 Å². The number of nitrogens with two attached hydrogens (primary N) is 1. The highest BCUT2D eigenvalue weighted by atomic mass is 16.5. The van der Waals surface area contributed by atoms with E-state index in [2.05, 4.69) is 39.5 Å². The summed E-state index contributed by atoms with van der Waals surface area (Å²) >= 11 is 0. The van der Waals surface area contributed by atoms with Crippen molar-refractivity contribution in [1.29, 1.82) is 0 Å². The molecule has 0 aromatic heterocycles. The normalized spacial score (nSPS) is 39.2. The maximum absolute atomic E-state index is 6.19. The molecule has 2 fully saturated rings. The average Bonchev–Trinajstić information content (AvgIpc) is 2.24. The summed E-state index contributed by atoms with van der Waals surface area (Å²) in [6.07, 6.45) is 2.29. The standard InChI is InChI=1S/C15H30N2O2/c1-12-8-17(11-14(4,5)19-12)15(10-16)6-7-18-13(2,3)9-15/h12H,6-11,16H2,1-5H3. The fraction of sp³-hybridized carbons (Fsp3) is 1.00. The van der Waals surface area contributed by atoms with Gasteiger partial charge in [0.05, 0.1) is 17.3 Å². The van der Waals surface area contributed by atoms with E-state index in [-0.39, 0.29) is 22.8 Å². The largest absolute Gasteiger partial charge is 0.375 e. The van der Waals surface area contributed by atoms with Gasteiger partial charge >= 0.3 is 0 Å². The molecule has 2 heterocycles. The van der Waals surface area contributed by atoms with Gasteiger partial charge in [0, 0.05) is 31.8 Å². The first-order valence-corrected chi connectivity index (χ1v) is 7.45. The second-order valence-corrected chi connectivity index (χ2v) is 7.53. The quantitative estimate of drug-likeness (QED) is 0.831. The van der Waals surface area contributed by atoms with E-state index in [9.17, 15) is 0 Å². The fourth-order valence-corrected chi connectivity index (χ4v) is 3.84. The van der Waals surface area contributed by atoms with Gasteiger partial charge in [-0.05, 0) is 47.5 Å². The molecular formula is C15H30N2O2. The van der Waals surface area contributed by atoms with Crippen molar-refractivity contribution in [3.63, 3.8) is 0 Å². The average molecular weight is 270 g/mol. The summed E-state index contributed by atoms with van der Waals surface area (Å²) < 4.78 is 11.9. The fourth-order valence-electron chi connectivity index (χ4n) is 3.84. The Hall–Kier alpha value is -0.160. The molecule has 0 aliphatic carbocycles. The Morgan fingerprint density at radius 2 is 1.89 bits per heavy atom. The highest BCUT2D eigenvalue weighted by molar-refractivity contribution is 5.02. The molecule has 0 radical (unpaired) electrons. The first kappa shape index (κ1) is 15.2. The van der Waals surface area contributed by atoms with Crippen LogP contribution in [0.2, 0.25) is 0 Å². The maximum atomic E-state index is 6.19. The van der Waals surface area contributed by atoms with Gasteiger partial charge in [-0.2, -0.15) is 0 Å². The Labute approximate surface area is 117 Å². The number of hydrogen-bond acceptors (Lipinski definition) is 4. The van der Waals surface area contributed by atoms with Gasteiger partial charge in [0.25, 0.3) is 0 Å². The molecule has 2 aliphatic rings. The van der Waals surface area contributed by atoms with Gasteiger partial charge in [0.2, 0.25) is 0 Å². The second-order valence-electron chi connectivity index (χ2n) is 7.53. The minimum atomic E-state index is -0.0950. The summed E-state index contributed by atoms with van der Waals surface area (Å²) in [5.74, 6) is 0. The molecule has 2 unspecified atom stereocenters. The molecule has 2 saturated heterocycles. The smallest absolute Gasteiger partial charge is 0.0757 e. The molecule has 4 heteroatoms. The molecule has 0 spiro atoms. The van der Waals surface area contributed by atoms with Gasteiger partial charge < -0.3 is 15.2 Å². The van der Waals surface area contributed by atoms with Crippen LogP contribution in [0.4, 0.5) is 0 Å². The summed E-state index contributed by atoms with van der Waals surface area (Å²) in [6.45, 7) is 14.3. The number of hydrogen-bond donors (Lipinski definition) is 1. The third kappa shape index (κ3) is 3.30. The van der Waals surface area contributed by atoms with Crippen LogP contribution in [0.25, 0.3) is 0 Å². The summed E-state index contributed by atoms with van der Waals surface area (Å²) in [7, 11) is 0. The Morgan fingerprint density at radius 1 is 1.21 bits per heavy atom. The number of rotatable bonds is 2. The van der Waals surface area contributed by atoms with Crippen molar-refractivity contribution < 1.29 is 9.47 Å². The summed E-state index contributed by atoms with van der Waals surface area (Å²) in [5, 5.41) is 0. The lowest BCUT2D eigenvalue weighted by Crippen LogP contribution is -2.66. The summed E-state index contributed by atoms with van der Waals surface area (Å²) in [4.78, 5) is 2.56. The Balaban J connectivity index is 2.20. The zero-order valence-electron chi connectivity index (χ0n) is 13.2. The molecule has 2 atom stereocenters. The van der Waals surface area contributed by atoms with E-state index in [0.717, 1.165) is 32.5 Å². The lowest BCUT2D eigenvalue weighted by atomic mass is 9.78. The third-order valence-corrected chi connectivity index (χ3v) is 4.44. The lowest BCUT2D eigenvalue weighted by molar-refractivity contribution is -0.183. The van der Waals surface area contributed by atoms with E-state index < -0.39 is 0 Å². The molecule has 0 bridgehead atoms.